The Labute approximate surface area is 168 Å². The fourth-order valence-electron chi connectivity index (χ4n) is 2.86. The smallest absolute Gasteiger partial charge is 0.250 e. The summed E-state index contributed by atoms with van der Waals surface area (Å²) in [5.41, 5.74) is 3.03. The maximum absolute atomic E-state index is 12.6. The Hall–Kier alpha value is -1.32. The fourth-order valence-corrected chi connectivity index (χ4v) is 4.01. The van der Waals surface area contributed by atoms with Crippen molar-refractivity contribution in [1.82, 2.24) is 15.0 Å². The summed E-state index contributed by atoms with van der Waals surface area (Å²) in [7, 11) is 0. The van der Waals surface area contributed by atoms with Gasteiger partial charge < -0.3 is 15.0 Å². The van der Waals surface area contributed by atoms with Crippen LogP contribution in [-0.2, 0) is 16.2 Å². The second kappa shape index (κ2) is 8.58. The quantitative estimate of drug-likeness (QED) is 0.348. The van der Waals surface area contributed by atoms with Gasteiger partial charge in [-0.15, -0.1) is 11.6 Å². The zero-order valence-corrected chi connectivity index (χ0v) is 16.6. The number of rotatable bonds is 6. The van der Waals surface area contributed by atoms with Gasteiger partial charge in [0, 0.05) is 23.4 Å². The van der Waals surface area contributed by atoms with Gasteiger partial charge in [0.1, 0.15) is 11.2 Å². The van der Waals surface area contributed by atoms with E-state index in [-0.39, 0.29) is 19.1 Å². The van der Waals surface area contributed by atoms with Crippen molar-refractivity contribution in [2.24, 2.45) is 5.92 Å². The van der Waals surface area contributed by atoms with Crippen molar-refractivity contribution in [3.63, 3.8) is 0 Å². The molecular formula is C16H17BrCl2N4O3. The molecule has 3 unspecified atom stereocenters. The molecule has 7 nitrogen and oxygen atoms in total. The average Bonchev–Trinajstić information content (AvgIpc) is 3.08. The summed E-state index contributed by atoms with van der Waals surface area (Å²) >= 11 is 16.3. The summed E-state index contributed by atoms with van der Waals surface area (Å²) in [6.45, 7) is 0.208. The van der Waals surface area contributed by atoms with Crippen LogP contribution < -0.4 is 10.8 Å². The van der Waals surface area contributed by atoms with E-state index >= 15 is 0 Å². The second-order valence-corrected chi connectivity index (χ2v) is 7.57. The van der Waals surface area contributed by atoms with Gasteiger partial charge in [0.2, 0.25) is 0 Å². The minimum absolute atomic E-state index is 0.00965. The standard InChI is InChI=1S/C16H17BrCl2N4O3/c17-9-1-2-12(11(18)7-9)21-14-10(16(25)22-26-6-5-24)8-23-4-3-20-15(23)13(14)19/h1-4,7,10,13-14,21,24H,5-6,8H2,(H,22,25). The van der Waals surface area contributed by atoms with Gasteiger partial charge in [-0.1, -0.05) is 27.5 Å². The molecule has 26 heavy (non-hydrogen) atoms. The lowest BCUT2D eigenvalue weighted by atomic mass is 9.91. The van der Waals surface area contributed by atoms with Crippen LogP contribution in [0.2, 0.25) is 5.02 Å². The van der Waals surface area contributed by atoms with E-state index < -0.39 is 17.3 Å². The number of imidazole rings is 1. The molecule has 0 fully saturated rings. The predicted molar refractivity (Wildman–Crippen MR) is 102 cm³/mol. The predicted octanol–water partition coefficient (Wildman–Crippen LogP) is 2.73. The van der Waals surface area contributed by atoms with Crippen LogP contribution in [0.4, 0.5) is 5.69 Å². The van der Waals surface area contributed by atoms with Crippen LogP contribution in [0, 0.1) is 5.92 Å². The van der Waals surface area contributed by atoms with E-state index in [2.05, 4.69) is 31.7 Å². The van der Waals surface area contributed by atoms with Gasteiger partial charge in [-0.25, -0.2) is 10.5 Å². The number of nitrogens with zero attached hydrogens (tertiary/aromatic N) is 2. The van der Waals surface area contributed by atoms with E-state index in [1.807, 2.05) is 16.7 Å². The number of anilines is 1. The molecule has 1 aliphatic rings. The lowest BCUT2D eigenvalue weighted by Crippen LogP contribution is -2.48. The van der Waals surface area contributed by atoms with Gasteiger partial charge in [-0.2, -0.15) is 0 Å². The SMILES string of the molecule is O=C(NOCCO)C1Cn2ccnc2C(Cl)C1Nc1ccc(Br)cc1Cl. The lowest BCUT2D eigenvalue weighted by Gasteiger charge is -2.36. The summed E-state index contributed by atoms with van der Waals surface area (Å²) in [5.74, 6) is -0.190. The number of benzene rings is 1. The molecule has 1 aliphatic heterocycles. The first-order valence-electron chi connectivity index (χ1n) is 7.90. The van der Waals surface area contributed by atoms with Crippen molar-refractivity contribution in [3.8, 4) is 0 Å². The molecule has 1 aromatic heterocycles. The highest BCUT2D eigenvalue weighted by Crippen LogP contribution is 2.37. The number of aliphatic hydroxyl groups excluding tert-OH is 1. The number of alkyl halides is 1. The molecule has 0 saturated heterocycles. The Morgan fingerprint density at radius 1 is 1.50 bits per heavy atom. The third kappa shape index (κ3) is 4.15. The highest BCUT2D eigenvalue weighted by atomic mass is 79.9. The van der Waals surface area contributed by atoms with Crippen LogP contribution in [0.3, 0.4) is 0 Å². The second-order valence-electron chi connectivity index (χ2n) is 5.78. The number of hydrogen-bond donors (Lipinski definition) is 3. The van der Waals surface area contributed by atoms with Crippen LogP contribution in [0.1, 0.15) is 11.2 Å². The fraction of sp³-hybridized carbons (Fsp3) is 0.375. The average molecular weight is 464 g/mol. The molecule has 0 saturated carbocycles. The Kier molecular flexibility index (Phi) is 6.42. The molecule has 10 heteroatoms. The number of carbonyl (C=O) groups excluding carboxylic acids is 1. The minimum Gasteiger partial charge on any atom is -0.394 e. The topological polar surface area (TPSA) is 88.4 Å². The van der Waals surface area contributed by atoms with Gasteiger partial charge in [0.05, 0.1) is 35.9 Å². The van der Waals surface area contributed by atoms with Crippen LogP contribution in [-0.4, -0.2) is 39.8 Å². The number of halogens is 3. The molecule has 1 amide bonds. The summed E-state index contributed by atoms with van der Waals surface area (Å²) in [6, 6.07) is 4.97. The Bertz CT molecular complexity index is 789. The number of fused-ring (bicyclic) bond motifs is 1. The van der Waals surface area contributed by atoms with Crippen LogP contribution >= 0.6 is 39.1 Å². The van der Waals surface area contributed by atoms with Gasteiger partial charge in [0.25, 0.3) is 5.91 Å². The van der Waals surface area contributed by atoms with Crippen LogP contribution in [0.25, 0.3) is 0 Å². The zero-order valence-electron chi connectivity index (χ0n) is 13.5. The van der Waals surface area contributed by atoms with E-state index in [1.165, 1.54) is 0 Å². The molecule has 2 heterocycles. The third-order valence-electron chi connectivity index (χ3n) is 4.09. The Balaban J connectivity index is 1.86. The van der Waals surface area contributed by atoms with Crippen LogP contribution in [0.5, 0.6) is 0 Å². The van der Waals surface area contributed by atoms with E-state index in [4.69, 9.17) is 33.1 Å². The number of aromatic nitrogens is 2. The van der Waals surface area contributed by atoms with Gasteiger partial charge >= 0.3 is 0 Å². The molecule has 2 aromatic rings. The molecule has 0 bridgehead atoms. The largest absolute Gasteiger partial charge is 0.394 e. The Morgan fingerprint density at radius 2 is 2.31 bits per heavy atom. The Morgan fingerprint density at radius 3 is 3.04 bits per heavy atom. The number of hydrogen-bond acceptors (Lipinski definition) is 5. The summed E-state index contributed by atoms with van der Waals surface area (Å²) in [4.78, 5) is 21.9. The third-order valence-corrected chi connectivity index (χ3v) is 5.37. The monoisotopic (exact) mass is 462 g/mol. The number of carbonyl (C=O) groups is 1. The zero-order chi connectivity index (χ0) is 18.7. The normalized spacial score (nSPS) is 21.9. The molecule has 140 valence electrons. The van der Waals surface area contributed by atoms with Crippen molar-refractivity contribution < 1.29 is 14.7 Å². The number of amides is 1. The number of hydroxylamine groups is 1. The van der Waals surface area contributed by atoms with Gasteiger partial charge in [-0.05, 0) is 18.2 Å². The van der Waals surface area contributed by atoms with Crippen molar-refractivity contribution >= 4 is 50.7 Å². The van der Waals surface area contributed by atoms with E-state index in [0.717, 1.165) is 4.47 Å². The molecule has 3 atom stereocenters. The summed E-state index contributed by atoms with van der Waals surface area (Å²) < 4.78 is 2.69. The van der Waals surface area contributed by atoms with E-state index in [1.54, 1.807) is 18.5 Å². The van der Waals surface area contributed by atoms with Gasteiger partial charge in [0.15, 0.2) is 0 Å². The molecule has 0 aliphatic carbocycles. The summed E-state index contributed by atoms with van der Waals surface area (Å²) in [5, 5.41) is 12.0. The molecule has 3 rings (SSSR count). The van der Waals surface area contributed by atoms with Crippen molar-refractivity contribution in [2.75, 3.05) is 18.5 Å². The molecular weight excluding hydrogens is 447 g/mol. The minimum atomic E-state index is -0.549. The van der Waals surface area contributed by atoms with Crippen molar-refractivity contribution in [2.45, 2.75) is 18.0 Å². The molecule has 1 aromatic carbocycles. The molecule has 0 spiro atoms. The molecule has 3 N–H and O–H groups in total. The first-order valence-corrected chi connectivity index (χ1v) is 9.51. The lowest BCUT2D eigenvalue weighted by molar-refractivity contribution is -0.139. The summed E-state index contributed by atoms with van der Waals surface area (Å²) in [6.07, 6.45) is 3.43. The number of aliphatic hydroxyl groups is 1. The van der Waals surface area contributed by atoms with E-state index in [0.29, 0.717) is 23.1 Å². The number of nitrogens with one attached hydrogen (secondary N) is 2. The maximum Gasteiger partial charge on any atom is 0.250 e. The van der Waals surface area contributed by atoms with Crippen molar-refractivity contribution in [1.29, 1.82) is 0 Å². The first kappa shape index (κ1) is 19.4. The highest BCUT2D eigenvalue weighted by molar-refractivity contribution is 9.10. The van der Waals surface area contributed by atoms with E-state index in [9.17, 15) is 4.79 Å². The highest BCUT2D eigenvalue weighted by Gasteiger charge is 2.41. The van der Waals surface area contributed by atoms with Gasteiger partial charge in [-0.3, -0.25) is 9.63 Å². The van der Waals surface area contributed by atoms with Crippen LogP contribution in [0.15, 0.2) is 35.1 Å². The maximum atomic E-state index is 12.6. The van der Waals surface area contributed by atoms with Crippen molar-refractivity contribution in [3.05, 3.63) is 45.9 Å². The molecule has 0 radical (unpaired) electrons. The first-order chi connectivity index (χ1) is 12.5.